The van der Waals surface area contributed by atoms with Crippen molar-refractivity contribution in [3.05, 3.63) is 102 Å². The lowest BCUT2D eigenvalue weighted by molar-refractivity contribution is 0.0438. The Bertz CT molecular complexity index is 1060. The van der Waals surface area contributed by atoms with Gasteiger partial charge < -0.3 is 13.9 Å². The first-order chi connectivity index (χ1) is 14.3. The van der Waals surface area contributed by atoms with Gasteiger partial charge in [0, 0.05) is 5.56 Å². The van der Waals surface area contributed by atoms with E-state index < -0.39 is 5.97 Å². The Kier molecular flexibility index (Phi) is 5.62. The third kappa shape index (κ3) is 4.87. The van der Waals surface area contributed by atoms with Crippen molar-refractivity contribution in [1.29, 1.82) is 0 Å². The molecule has 29 heavy (non-hydrogen) atoms. The molecule has 4 rings (SSSR count). The van der Waals surface area contributed by atoms with Crippen molar-refractivity contribution in [3.8, 4) is 17.2 Å². The van der Waals surface area contributed by atoms with E-state index in [4.69, 9.17) is 13.9 Å². The number of esters is 1. The minimum atomic E-state index is -0.473. The van der Waals surface area contributed by atoms with Crippen molar-refractivity contribution in [2.45, 2.75) is 13.2 Å². The molecule has 3 aromatic carbocycles. The summed E-state index contributed by atoms with van der Waals surface area (Å²) >= 11 is 0. The largest absolute Gasteiger partial charge is 0.489 e. The molecule has 0 aliphatic carbocycles. The molecular weight excluding hydrogens is 368 g/mol. The van der Waals surface area contributed by atoms with Crippen molar-refractivity contribution >= 4 is 5.97 Å². The second-order valence-corrected chi connectivity index (χ2v) is 6.24. The lowest BCUT2D eigenvalue weighted by atomic mass is 10.2. The van der Waals surface area contributed by atoms with Gasteiger partial charge in [-0.2, -0.15) is 0 Å². The summed E-state index contributed by atoms with van der Waals surface area (Å²) in [5.74, 6) is 0.825. The Hall–Kier alpha value is -3.93. The first-order valence-corrected chi connectivity index (χ1v) is 9.10. The van der Waals surface area contributed by atoms with Crippen molar-refractivity contribution in [1.82, 2.24) is 10.2 Å². The average molecular weight is 386 g/mol. The fourth-order valence-corrected chi connectivity index (χ4v) is 2.65. The summed E-state index contributed by atoms with van der Waals surface area (Å²) in [6.45, 7) is 0.371. The average Bonchev–Trinajstić information content (AvgIpc) is 3.27. The van der Waals surface area contributed by atoms with Crippen LogP contribution < -0.4 is 4.74 Å². The SMILES string of the molecule is O=C(OCc1nnc(-c2ccccc2)o1)c1ccc(OCc2ccccc2)cc1. The molecule has 0 N–H and O–H groups in total. The van der Waals surface area contributed by atoms with E-state index in [-0.39, 0.29) is 12.5 Å². The van der Waals surface area contributed by atoms with Crippen LogP contribution in [0.25, 0.3) is 11.5 Å². The Morgan fingerprint density at radius 1 is 0.793 bits per heavy atom. The molecule has 0 saturated carbocycles. The number of hydrogen-bond acceptors (Lipinski definition) is 6. The fourth-order valence-electron chi connectivity index (χ4n) is 2.65. The minimum absolute atomic E-state index is 0.0923. The molecule has 6 heteroatoms. The lowest BCUT2D eigenvalue weighted by Crippen LogP contribution is -2.05. The highest BCUT2D eigenvalue weighted by Gasteiger charge is 2.12. The number of carbonyl (C=O) groups is 1. The number of nitrogens with zero attached hydrogens (tertiary/aromatic N) is 2. The van der Waals surface area contributed by atoms with Gasteiger partial charge in [-0.05, 0) is 42.0 Å². The van der Waals surface area contributed by atoms with Crippen molar-refractivity contribution < 1.29 is 18.7 Å². The summed E-state index contributed by atoms with van der Waals surface area (Å²) in [4.78, 5) is 12.2. The predicted octanol–water partition coefficient (Wildman–Crippen LogP) is 4.67. The number of rotatable bonds is 7. The lowest BCUT2D eigenvalue weighted by Gasteiger charge is -2.07. The molecule has 0 unspecified atom stereocenters. The maximum absolute atomic E-state index is 12.2. The summed E-state index contributed by atoms with van der Waals surface area (Å²) < 4.78 is 16.5. The first kappa shape index (κ1) is 18.4. The van der Waals surface area contributed by atoms with E-state index in [9.17, 15) is 4.79 Å². The van der Waals surface area contributed by atoms with Gasteiger partial charge in [0.05, 0.1) is 5.56 Å². The number of carbonyl (C=O) groups excluding carboxylic acids is 1. The third-order valence-corrected chi connectivity index (χ3v) is 4.15. The molecule has 0 bridgehead atoms. The topological polar surface area (TPSA) is 74.5 Å². The zero-order chi connectivity index (χ0) is 19.9. The number of hydrogen-bond donors (Lipinski definition) is 0. The monoisotopic (exact) mass is 386 g/mol. The molecule has 0 spiro atoms. The summed E-state index contributed by atoms with van der Waals surface area (Å²) in [6.07, 6.45) is 0. The molecule has 4 aromatic rings. The van der Waals surface area contributed by atoms with Gasteiger partial charge in [-0.15, -0.1) is 10.2 Å². The zero-order valence-electron chi connectivity index (χ0n) is 15.5. The van der Waals surface area contributed by atoms with Gasteiger partial charge in [-0.25, -0.2) is 4.79 Å². The van der Waals surface area contributed by atoms with Gasteiger partial charge in [0.15, 0.2) is 6.61 Å². The Labute approximate surface area is 167 Å². The molecule has 0 aliphatic rings. The molecular formula is C23H18N2O4. The van der Waals surface area contributed by atoms with Crippen LogP contribution in [0.1, 0.15) is 21.8 Å². The maximum atomic E-state index is 12.2. The summed E-state index contributed by atoms with van der Waals surface area (Å²) in [5, 5.41) is 7.88. The van der Waals surface area contributed by atoms with Crippen LogP contribution in [0.2, 0.25) is 0 Å². The van der Waals surface area contributed by atoms with Gasteiger partial charge in [-0.1, -0.05) is 48.5 Å². The highest BCUT2D eigenvalue weighted by molar-refractivity contribution is 5.89. The second-order valence-electron chi connectivity index (χ2n) is 6.24. The highest BCUT2D eigenvalue weighted by Crippen LogP contribution is 2.18. The Morgan fingerprint density at radius 2 is 1.48 bits per heavy atom. The molecule has 0 atom stereocenters. The Balaban J connectivity index is 1.30. The van der Waals surface area contributed by atoms with Crippen LogP contribution in [-0.2, 0) is 18.0 Å². The van der Waals surface area contributed by atoms with Gasteiger partial charge in [-0.3, -0.25) is 0 Å². The van der Waals surface area contributed by atoms with Crippen LogP contribution in [0.4, 0.5) is 0 Å². The summed E-state index contributed by atoms with van der Waals surface area (Å²) in [5.41, 5.74) is 2.30. The van der Waals surface area contributed by atoms with E-state index in [0.29, 0.717) is 23.8 Å². The van der Waals surface area contributed by atoms with E-state index in [0.717, 1.165) is 11.1 Å². The first-order valence-electron chi connectivity index (χ1n) is 9.10. The fraction of sp³-hybridized carbons (Fsp3) is 0.0870. The third-order valence-electron chi connectivity index (χ3n) is 4.15. The normalized spacial score (nSPS) is 10.5. The number of benzene rings is 3. The van der Waals surface area contributed by atoms with Gasteiger partial charge >= 0.3 is 5.97 Å². The molecule has 0 fully saturated rings. The number of ether oxygens (including phenoxy) is 2. The van der Waals surface area contributed by atoms with Crippen LogP contribution >= 0.6 is 0 Å². The number of aromatic nitrogens is 2. The van der Waals surface area contributed by atoms with E-state index in [2.05, 4.69) is 10.2 Å². The van der Waals surface area contributed by atoms with Gasteiger partial charge in [0.2, 0.25) is 5.89 Å². The van der Waals surface area contributed by atoms with Crippen LogP contribution in [0.5, 0.6) is 5.75 Å². The van der Waals surface area contributed by atoms with E-state index in [1.807, 2.05) is 60.7 Å². The smallest absolute Gasteiger partial charge is 0.338 e. The van der Waals surface area contributed by atoms with E-state index in [1.165, 1.54) is 0 Å². The van der Waals surface area contributed by atoms with Crippen molar-refractivity contribution in [3.63, 3.8) is 0 Å². The zero-order valence-corrected chi connectivity index (χ0v) is 15.5. The molecule has 144 valence electrons. The van der Waals surface area contributed by atoms with Gasteiger partial charge in [0.1, 0.15) is 12.4 Å². The highest BCUT2D eigenvalue weighted by atomic mass is 16.5. The quantitative estimate of drug-likeness (QED) is 0.430. The van der Waals surface area contributed by atoms with Gasteiger partial charge in [0.25, 0.3) is 5.89 Å². The molecule has 0 radical (unpaired) electrons. The van der Waals surface area contributed by atoms with E-state index in [1.54, 1.807) is 24.3 Å². The minimum Gasteiger partial charge on any atom is -0.489 e. The standard InChI is InChI=1S/C23H18N2O4/c26-23(28-16-21-24-25-22(29-21)18-9-5-2-6-10-18)19-11-13-20(14-12-19)27-15-17-7-3-1-4-8-17/h1-14H,15-16H2. The molecule has 6 nitrogen and oxygen atoms in total. The van der Waals surface area contributed by atoms with Crippen molar-refractivity contribution in [2.24, 2.45) is 0 Å². The predicted molar refractivity (Wildman–Crippen MR) is 106 cm³/mol. The molecule has 0 aliphatic heterocycles. The molecule has 0 saturated heterocycles. The van der Waals surface area contributed by atoms with Crippen LogP contribution in [0.3, 0.4) is 0 Å². The molecule has 0 amide bonds. The van der Waals surface area contributed by atoms with Crippen LogP contribution in [0.15, 0.2) is 89.3 Å². The molecule has 1 aromatic heterocycles. The summed E-state index contributed by atoms with van der Waals surface area (Å²) in [6, 6.07) is 26.1. The molecule has 1 heterocycles. The maximum Gasteiger partial charge on any atom is 0.338 e. The second kappa shape index (κ2) is 8.84. The van der Waals surface area contributed by atoms with Crippen molar-refractivity contribution in [2.75, 3.05) is 0 Å². The Morgan fingerprint density at radius 3 is 2.21 bits per heavy atom. The summed E-state index contributed by atoms with van der Waals surface area (Å²) in [7, 11) is 0. The van der Waals surface area contributed by atoms with Crippen LogP contribution in [0, 0.1) is 0 Å². The van der Waals surface area contributed by atoms with Crippen LogP contribution in [-0.4, -0.2) is 16.2 Å². The van der Waals surface area contributed by atoms with E-state index >= 15 is 0 Å².